The van der Waals surface area contributed by atoms with Crippen molar-refractivity contribution < 1.29 is 10.0 Å². The summed E-state index contributed by atoms with van der Waals surface area (Å²) in [6.07, 6.45) is 1.40. The van der Waals surface area contributed by atoms with Crippen LogP contribution in [0.3, 0.4) is 0 Å². The number of hydrogen-bond donors (Lipinski definition) is 3. The van der Waals surface area contributed by atoms with Crippen LogP contribution in [0.5, 0.6) is 0 Å². The number of nitrogens with one attached hydrogen (secondary N) is 1. The van der Waals surface area contributed by atoms with E-state index in [1.54, 1.807) is 31.3 Å². The third-order valence-electron chi connectivity index (χ3n) is 2.66. The Hall–Kier alpha value is -2.54. The molecule has 7 nitrogen and oxygen atoms in total. The molecule has 1 amide bonds. The van der Waals surface area contributed by atoms with E-state index < -0.39 is 0 Å². The molecular weight excluding hydrogens is 282 g/mol. The summed E-state index contributed by atoms with van der Waals surface area (Å²) in [5, 5.41) is 18.8. The fourth-order valence-electron chi connectivity index (χ4n) is 1.61. The van der Waals surface area contributed by atoms with Crippen molar-refractivity contribution >= 4 is 29.2 Å². The Bertz CT molecular complexity index is 663. The van der Waals surface area contributed by atoms with E-state index in [4.69, 9.17) is 22.5 Å². The number of benzene rings is 1. The van der Waals surface area contributed by atoms with Crippen LogP contribution in [-0.2, 0) is 7.05 Å². The Balaban J connectivity index is 2.28. The SMILES string of the molecule is Cn1ncc(C(N)=NO)c1NC(=O)c1ccc(Cl)cc1. The third-order valence-corrected chi connectivity index (χ3v) is 2.91. The van der Waals surface area contributed by atoms with E-state index in [0.29, 0.717) is 22.0 Å². The van der Waals surface area contributed by atoms with Crippen molar-refractivity contribution in [1.82, 2.24) is 9.78 Å². The average Bonchev–Trinajstić information content (AvgIpc) is 2.80. The maximum absolute atomic E-state index is 12.1. The second-order valence-electron chi connectivity index (χ2n) is 3.98. The molecule has 0 bridgehead atoms. The first-order valence-corrected chi connectivity index (χ1v) is 5.97. The number of carbonyl (C=O) groups is 1. The predicted octanol–water partition coefficient (Wildman–Crippen LogP) is 1.42. The molecule has 0 aliphatic rings. The first-order chi connectivity index (χ1) is 9.52. The van der Waals surface area contributed by atoms with Crippen molar-refractivity contribution in [3.05, 3.63) is 46.6 Å². The van der Waals surface area contributed by atoms with Crippen molar-refractivity contribution in [2.45, 2.75) is 0 Å². The first kappa shape index (κ1) is 13.9. The van der Waals surface area contributed by atoms with Crippen LogP contribution >= 0.6 is 11.6 Å². The van der Waals surface area contributed by atoms with Gasteiger partial charge in [-0.2, -0.15) is 5.10 Å². The summed E-state index contributed by atoms with van der Waals surface area (Å²) in [4.78, 5) is 12.1. The van der Waals surface area contributed by atoms with Crippen LogP contribution in [0.25, 0.3) is 0 Å². The van der Waals surface area contributed by atoms with Gasteiger partial charge in [0.1, 0.15) is 5.82 Å². The summed E-state index contributed by atoms with van der Waals surface area (Å²) in [6.45, 7) is 0. The highest BCUT2D eigenvalue weighted by Gasteiger charge is 2.16. The van der Waals surface area contributed by atoms with Gasteiger partial charge in [0.15, 0.2) is 5.84 Å². The molecule has 20 heavy (non-hydrogen) atoms. The molecule has 0 aliphatic heterocycles. The Kier molecular flexibility index (Phi) is 3.90. The van der Waals surface area contributed by atoms with Crippen LogP contribution in [0.1, 0.15) is 15.9 Å². The Morgan fingerprint density at radius 3 is 2.70 bits per heavy atom. The minimum atomic E-state index is -0.350. The number of rotatable bonds is 3. The van der Waals surface area contributed by atoms with Crippen LogP contribution in [0.4, 0.5) is 5.82 Å². The molecule has 0 radical (unpaired) electrons. The van der Waals surface area contributed by atoms with E-state index >= 15 is 0 Å². The molecule has 1 heterocycles. The van der Waals surface area contributed by atoms with Gasteiger partial charge >= 0.3 is 0 Å². The molecule has 104 valence electrons. The van der Waals surface area contributed by atoms with E-state index in [-0.39, 0.29) is 11.7 Å². The molecule has 1 aromatic carbocycles. The zero-order chi connectivity index (χ0) is 14.7. The van der Waals surface area contributed by atoms with Gasteiger partial charge in [0, 0.05) is 17.6 Å². The second kappa shape index (κ2) is 5.62. The number of carbonyl (C=O) groups excluding carboxylic acids is 1. The number of amides is 1. The molecule has 0 saturated heterocycles. The predicted molar refractivity (Wildman–Crippen MR) is 75.1 cm³/mol. The first-order valence-electron chi connectivity index (χ1n) is 5.59. The molecular formula is C12H12ClN5O2. The zero-order valence-electron chi connectivity index (χ0n) is 10.5. The number of anilines is 1. The fraction of sp³-hybridized carbons (Fsp3) is 0.0833. The summed E-state index contributed by atoms with van der Waals surface area (Å²) in [7, 11) is 1.63. The third kappa shape index (κ3) is 2.72. The normalized spacial score (nSPS) is 11.4. The Labute approximate surface area is 119 Å². The molecule has 8 heteroatoms. The lowest BCUT2D eigenvalue weighted by Gasteiger charge is -2.08. The number of nitrogens with two attached hydrogens (primary N) is 1. The van der Waals surface area contributed by atoms with Crippen molar-refractivity contribution in [3.63, 3.8) is 0 Å². The van der Waals surface area contributed by atoms with Crippen LogP contribution in [0.2, 0.25) is 5.02 Å². The quantitative estimate of drug-likeness (QED) is 0.344. The summed E-state index contributed by atoms with van der Waals surface area (Å²) in [6, 6.07) is 6.42. The van der Waals surface area contributed by atoms with E-state index in [2.05, 4.69) is 15.6 Å². The number of aromatic nitrogens is 2. The van der Waals surface area contributed by atoms with Gasteiger partial charge in [-0.25, -0.2) is 0 Å². The van der Waals surface area contributed by atoms with Crippen LogP contribution < -0.4 is 11.1 Å². The Morgan fingerprint density at radius 1 is 1.45 bits per heavy atom. The lowest BCUT2D eigenvalue weighted by atomic mass is 10.2. The number of oxime groups is 1. The summed E-state index contributed by atoms with van der Waals surface area (Å²) < 4.78 is 1.42. The average molecular weight is 294 g/mol. The van der Waals surface area contributed by atoms with E-state index in [1.807, 2.05) is 0 Å². The van der Waals surface area contributed by atoms with E-state index in [0.717, 1.165) is 0 Å². The minimum Gasteiger partial charge on any atom is -0.409 e. The van der Waals surface area contributed by atoms with Crippen LogP contribution in [0, 0.1) is 0 Å². The minimum absolute atomic E-state index is 0.135. The van der Waals surface area contributed by atoms with E-state index in [9.17, 15) is 4.79 Å². The fourth-order valence-corrected chi connectivity index (χ4v) is 1.73. The van der Waals surface area contributed by atoms with Crippen molar-refractivity contribution in [3.8, 4) is 0 Å². The molecule has 0 aliphatic carbocycles. The lowest BCUT2D eigenvalue weighted by Crippen LogP contribution is -2.20. The maximum Gasteiger partial charge on any atom is 0.256 e. The lowest BCUT2D eigenvalue weighted by molar-refractivity contribution is 0.102. The van der Waals surface area contributed by atoms with Gasteiger partial charge < -0.3 is 16.3 Å². The van der Waals surface area contributed by atoms with Crippen molar-refractivity contribution in [2.75, 3.05) is 5.32 Å². The molecule has 0 atom stereocenters. The van der Waals surface area contributed by atoms with Gasteiger partial charge in [0.25, 0.3) is 5.91 Å². The monoisotopic (exact) mass is 293 g/mol. The number of hydrogen-bond acceptors (Lipinski definition) is 4. The maximum atomic E-state index is 12.1. The molecule has 2 rings (SSSR count). The summed E-state index contributed by atoms with van der Waals surface area (Å²) in [5.41, 5.74) is 6.28. The van der Waals surface area contributed by atoms with Gasteiger partial charge in [0.05, 0.1) is 11.8 Å². The zero-order valence-corrected chi connectivity index (χ0v) is 11.3. The van der Waals surface area contributed by atoms with Gasteiger partial charge in [-0.3, -0.25) is 9.48 Å². The van der Waals surface area contributed by atoms with Crippen LogP contribution in [-0.4, -0.2) is 26.7 Å². The highest BCUT2D eigenvalue weighted by Crippen LogP contribution is 2.16. The summed E-state index contributed by atoms with van der Waals surface area (Å²) in [5.74, 6) is -0.151. The Morgan fingerprint density at radius 2 is 2.10 bits per heavy atom. The second-order valence-corrected chi connectivity index (χ2v) is 4.41. The standard InChI is InChI=1S/C12H12ClN5O2/c1-18-11(9(6-15-18)10(14)17-20)16-12(19)7-2-4-8(13)5-3-7/h2-6,20H,1H3,(H2,14,17)(H,16,19). The molecule has 0 saturated carbocycles. The summed E-state index contributed by atoms with van der Waals surface area (Å²) >= 11 is 5.76. The highest BCUT2D eigenvalue weighted by atomic mass is 35.5. The molecule has 4 N–H and O–H groups in total. The van der Waals surface area contributed by atoms with Gasteiger partial charge in [-0.05, 0) is 24.3 Å². The van der Waals surface area contributed by atoms with Crippen molar-refractivity contribution in [1.29, 1.82) is 0 Å². The molecule has 2 aromatic rings. The molecule has 0 unspecified atom stereocenters. The van der Waals surface area contributed by atoms with Crippen molar-refractivity contribution in [2.24, 2.45) is 17.9 Å². The smallest absolute Gasteiger partial charge is 0.256 e. The molecule has 0 spiro atoms. The molecule has 0 fully saturated rings. The number of aryl methyl sites for hydroxylation is 1. The number of nitrogens with zero attached hydrogens (tertiary/aromatic N) is 3. The highest BCUT2D eigenvalue weighted by molar-refractivity contribution is 6.30. The van der Waals surface area contributed by atoms with Gasteiger partial charge in [-0.1, -0.05) is 16.8 Å². The topological polar surface area (TPSA) is 106 Å². The van der Waals surface area contributed by atoms with Gasteiger partial charge in [-0.15, -0.1) is 0 Å². The molecule has 1 aromatic heterocycles. The van der Waals surface area contributed by atoms with Gasteiger partial charge in [0.2, 0.25) is 0 Å². The number of halogens is 1. The number of amidine groups is 1. The van der Waals surface area contributed by atoms with Crippen LogP contribution in [0.15, 0.2) is 35.6 Å². The largest absolute Gasteiger partial charge is 0.409 e. The van der Waals surface area contributed by atoms with E-state index in [1.165, 1.54) is 10.9 Å².